The molecule has 0 radical (unpaired) electrons. The lowest BCUT2D eigenvalue weighted by atomic mass is 10.1. The molecular weight excluding hydrogens is 298 g/mol. The highest BCUT2D eigenvalue weighted by Gasteiger charge is 2.09. The Bertz CT molecular complexity index is 962. The van der Waals surface area contributed by atoms with Crippen molar-refractivity contribution in [1.82, 2.24) is 19.5 Å². The number of imidazole rings is 1. The van der Waals surface area contributed by atoms with Gasteiger partial charge in [0.25, 0.3) is 0 Å². The summed E-state index contributed by atoms with van der Waals surface area (Å²) in [6, 6.07) is 20.3. The number of nitrogens with one attached hydrogen (secondary N) is 1. The fraction of sp³-hybridized carbons (Fsp3) is 0.105. The SMILES string of the molecule is C[C@H](Nc1nccc(-n2cnc3ccccc32)n1)c1ccccc1. The van der Waals surface area contributed by atoms with E-state index < -0.39 is 0 Å². The van der Waals surface area contributed by atoms with E-state index in [4.69, 9.17) is 0 Å². The molecule has 0 saturated heterocycles. The Morgan fingerprint density at radius 3 is 2.58 bits per heavy atom. The summed E-state index contributed by atoms with van der Waals surface area (Å²) in [5.41, 5.74) is 3.17. The van der Waals surface area contributed by atoms with Crippen LogP contribution < -0.4 is 5.32 Å². The minimum atomic E-state index is 0.126. The van der Waals surface area contributed by atoms with Gasteiger partial charge >= 0.3 is 0 Å². The Labute approximate surface area is 140 Å². The van der Waals surface area contributed by atoms with Crippen LogP contribution in [0.1, 0.15) is 18.5 Å². The molecule has 2 aromatic carbocycles. The number of benzene rings is 2. The monoisotopic (exact) mass is 315 g/mol. The van der Waals surface area contributed by atoms with Crippen LogP contribution in [0.15, 0.2) is 73.2 Å². The van der Waals surface area contributed by atoms with Gasteiger partial charge in [-0.2, -0.15) is 4.98 Å². The summed E-state index contributed by atoms with van der Waals surface area (Å²) in [5, 5.41) is 3.35. The van der Waals surface area contributed by atoms with Crippen molar-refractivity contribution < 1.29 is 0 Å². The first-order valence-electron chi connectivity index (χ1n) is 7.88. The van der Waals surface area contributed by atoms with Crippen LogP contribution in [0.4, 0.5) is 5.95 Å². The smallest absolute Gasteiger partial charge is 0.225 e. The second kappa shape index (κ2) is 6.12. The molecule has 0 saturated carbocycles. The topological polar surface area (TPSA) is 55.6 Å². The van der Waals surface area contributed by atoms with E-state index in [9.17, 15) is 0 Å². The molecular formula is C19H17N5. The Morgan fingerprint density at radius 2 is 1.71 bits per heavy atom. The van der Waals surface area contributed by atoms with Crippen LogP contribution in [0, 0.1) is 0 Å². The predicted molar refractivity (Wildman–Crippen MR) is 95.1 cm³/mol. The van der Waals surface area contributed by atoms with Crippen molar-refractivity contribution in [2.45, 2.75) is 13.0 Å². The van der Waals surface area contributed by atoms with Crippen molar-refractivity contribution >= 4 is 17.0 Å². The molecule has 0 aliphatic rings. The third kappa shape index (κ3) is 2.72. The third-order valence-electron chi connectivity index (χ3n) is 3.99. The maximum Gasteiger partial charge on any atom is 0.225 e. The van der Waals surface area contributed by atoms with E-state index in [1.54, 1.807) is 12.5 Å². The van der Waals surface area contributed by atoms with Gasteiger partial charge in [-0.25, -0.2) is 9.97 Å². The molecule has 5 heteroatoms. The van der Waals surface area contributed by atoms with Gasteiger partial charge in [0.15, 0.2) is 0 Å². The zero-order valence-corrected chi connectivity index (χ0v) is 13.3. The number of hydrogen-bond acceptors (Lipinski definition) is 4. The lowest BCUT2D eigenvalue weighted by molar-refractivity contribution is 0.854. The fourth-order valence-corrected chi connectivity index (χ4v) is 2.71. The first kappa shape index (κ1) is 14.4. The standard InChI is InChI=1S/C19H17N5/c1-14(15-7-3-2-4-8-15)22-19-20-12-11-18(23-19)24-13-21-16-9-5-6-10-17(16)24/h2-14H,1H3,(H,20,22,23)/t14-/m0/s1. The molecule has 4 aromatic rings. The summed E-state index contributed by atoms with van der Waals surface area (Å²) in [5.74, 6) is 1.39. The summed E-state index contributed by atoms with van der Waals surface area (Å²) >= 11 is 0. The van der Waals surface area contributed by atoms with Gasteiger partial charge in [-0.05, 0) is 30.7 Å². The Morgan fingerprint density at radius 1 is 0.917 bits per heavy atom. The minimum absolute atomic E-state index is 0.126. The van der Waals surface area contributed by atoms with Crippen molar-refractivity contribution in [3.8, 4) is 5.82 Å². The summed E-state index contributed by atoms with van der Waals surface area (Å²) < 4.78 is 1.97. The molecule has 24 heavy (non-hydrogen) atoms. The van der Waals surface area contributed by atoms with Crippen LogP contribution >= 0.6 is 0 Å². The first-order chi connectivity index (χ1) is 11.8. The number of nitrogens with zero attached hydrogens (tertiary/aromatic N) is 4. The van der Waals surface area contributed by atoms with Crippen molar-refractivity contribution in [1.29, 1.82) is 0 Å². The minimum Gasteiger partial charge on any atom is -0.348 e. The number of aromatic nitrogens is 4. The Hall–Kier alpha value is -3.21. The molecule has 118 valence electrons. The van der Waals surface area contributed by atoms with Gasteiger partial charge in [0.2, 0.25) is 5.95 Å². The molecule has 2 aromatic heterocycles. The highest BCUT2D eigenvalue weighted by molar-refractivity contribution is 5.76. The average molecular weight is 315 g/mol. The summed E-state index contributed by atoms with van der Waals surface area (Å²) in [6.45, 7) is 2.10. The molecule has 1 N–H and O–H groups in total. The first-order valence-corrected chi connectivity index (χ1v) is 7.88. The molecule has 2 heterocycles. The van der Waals surface area contributed by atoms with Gasteiger partial charge in [-0.1, -0.05) is 42.5 Å². The highest BCUT2D eigenvalue weighted by atomic mass is 15.2. The normalized spacial score (nSPS) is 12.2. The Balaban J connectivity index is 1.64. The van der Waals surface area contributed by atoms with Crippen LogP contribution in [0.2, 0.25) is 0 Å². The predicted octanol–water partition coefficient (Wildman–Crippen LogP) is 3.99. The quantitative estimate of drug-likeness (QED) is 0.619. The van der Waals surface area contributed by atoms with Gasteiger partial charge in [-0.15, -0.1) is 0 Å². The molecule has 5 nitrogen and oxygen atoms in total. The molecule has 1 atom stereocenters. The molecule has 0 unspecified atom stereocenters. The molecule has 0 fully saturated rings. The Kier molecular flexibility index (Phi) is 3.67. The van der Waals surface area contributed by atoms with Crippen LogP contribution in [-0.4, -0.2) is 19.5 Å². The van der Waals surface area contributed by atoms with Gasteiger partial charge in [0.05, 0.1) is 17.1 Å². The number of hydrogen-bond donors (Lipinski definition) is 1. The number of anilines is 1. The van der Waals surface area contributed by atoms with Gasteiger partial charge in [0, 0.05) is 6.20 Å². The van der Waals surface area contributed by atoms with Crippen LogP contribution in [0.3, 0.4) is 0 Å². The van der Waals surface area contributed by atoms with E-state index >= 15 is 0 Å². The third-order valence-corrected chi connectivity index (χ3v) is 3.99. The van der Waals surface area contributed by atoms with Crippen molar-refractivity contribution in [2.75, 3.05) is 5.32 Å². The second-order valence-corrected chi connectivity index (χ2v) is 5.62. The zero-order valence-electron chi connectivity index (χ0n) is 13.3. The van der Waals surface area contributed by atoms with E-state index in [1.165, 1.54) is 5.56 Å². The second-order valence-electron chi connectivity index (χ2n) is 5.62. The van der Waals surface area contributed by atoms with Gasteiger partial charge in [0.1, 0.15) is 12.1 Å². The van der Waals surface area contributed by atoms with Crippen molar-refractivity contribution in [3.05, 3.63) is 78.8 Å². The highest BCUT2D eigenvalue weighted by Crippen LogP contribution is 2.19. The number of rotatable bonds is 4. The molecule has 0 aliphatic heterocycles. The van der Waals surface area contributed by atoms with Crippen LogP contribution in [0.5, 0.6) is 0 Å². The fourth-order valence-electron chi connectivity index (χ4n) is 2.71. The maximum absolute atomic E-state index is 4.63. The number of para-hydroxylation sites is 2. The van der Waals surface area contributed by atoms with Crippen molar-refractivity contribution in [3.63, 3.8) is 0 Å². The molecule has 0 amide bonds. The lowest BCUT2D eigenvalue weighted by Crippen LogP contribution is -2.10. The summed E-state index contributed by atoms with van der Waals surface area (Å²) in [7, 11) is 0. The largest absolute Gasteiger partial charge is 0.348 e. The van der Waals surface area contributed by atoms with Gasteiger partial charge in [-0.3, -0.25) is 4.57 Å². The van der Waals surface area contributed by atoms with E-state index in [-0.39, 0.29) is 6.04 Å². The van der Waals surface area contributed by atoms with Crippen LogP contribution in [-0.2, 0) is 0 Å². The van der Waals surface area contributed by atoms with E-state index in [1.807, 2.05) is 53.1 Å². The summed E-state index contributed by atoms with van der Waals surface area (Å²) in [4.78, 5) is 13.4. The average Bonchev–Trinajstić information content (AvgIpc) is 3.07. The van der Waals surface area contributed by atoms with Crippen molar-refractivity contribution in [2.24, 2.45) is 0 Å². The number of fused-ring (bicyclic) bond motifs is 1. The molecule has 0 bridgehead atoms. The van der Waals surface area contributed by atoms with Gasteiger partial charge < -0.3 is 5.32 Å². The van der Waals surface area contributed by atoms with E-state index in [0.717, 1.165) is 16.9 Å². The lowest BCUT2D eigenvalue weighted by Gasteiger charge is -2.14. The van der Waals surface area contributed by atoms with Crippen LogP contribution in [0.25, 0.3) is 16.9 Å². The molecule has 4 rings (SSSR count). The molecule has 0 aliphatic carbocycles. The van der Waals surface area contributed by atoms with E-state index in [2.05, 4.69) is 39.3 Å². The molecule has 0 spiro atoms. The maximum atomic E-state index is 4.63. The summed E-state index contributed by atoms with van der Waals surface area (Å²) in [6.07, 6.45) is 3.55. The van der Waals surface area contributed by atoms with E-state index in [0.29, 0.717) is 5.95 Å². The zero-order chi connectivity index (χ0) is 16.4.